The number of benzene rings is 3. The Bertz CT molecular complexity index is 1670. The van der Waals surface area contributed by atoms with Crippen molar-refractivity contribution in [3.8, 4) is 16.8 Å². The molecule has 2 amide bonds. The first kappa shape index (κ1) is 26.9. The standard InChI is InChI=1S/C33H33FN4O3/c1-33(2,19-41-3)30-29(20-6-8-21(9-7-20)31(39)37-27-5-4-14-36-32(27)40)26-15-22-17-35-18-23(22)16-28(26)38(30)25-12-10-24(34)11-13-25/h6-13,15-16,18,27H,4-5,14,17,19H2,1-3H3,(H,36,40)(H,37,39). The van der Waals surface area contributed by atoms with Crippen molar-refractivity contribution in [1.82, 2.24) is 15.2 Å². The van der Waals surface area contributed by atoms with Crippen LogP contribution in [-0.4, -0.2) is 48.9 Å². The highest BCUT2D eigenvalue weighted by molar-refractivity contribution is 6.04. The highest BCUT2D eigenvalue weighted by Gasteiger charge is 2.33. The number of rotatable bonds is 7. The van der Waals surface area contributed by atoms with Gasteiger partial charge >= 0.3 is 0 Å². The minimum absolute atomic E-state index is 0.142. The van der Waals surface area contributed by atoms with Crippen molar-refractivity contribution in [2.75, 3.05) is 20.3 Å². The molecule has 2 N–H and O–H groups in total. The predicted octanol–water partition coefficient (Wildman–Crippen LogP) is 5.30. The van der Waals surface area contributed by atoms with E-state index >= 15 is 0 Å². The third-order valence-electron chi connectivity index (χ3n) is 7.98. The van der Waals surface area contributed by atoms with Gasteiger partial charge in [-0.15, -0.1) is 0 Å². The Kier molecular flexibility index (Phi) is 6.95. The van der Waals surface area contributed by atoms with Crippen LogP contribution in [0.5, 0.6) is 0 Å². The smallest absolute Gasteiger partial charge is 0.251 e. The Morgan fingerprint density at radius 2 is 1.90 bits per heavy atom. The zero-order valence-corrected chi connectivity index (χ0v) is 23.5. The lowest BCUT2D eigenvalue weighted by Crippen LogP contribution is -2.50. The Balaban J connectivity index is 1.51. The van der Waals surface area contributed by atoms with Crippen LogP contribution in [0.4, 0.5) is 4.39 Å². The Hall–Kier alpha value is -4.30. The molecule has 0 saturated carbocycles. The van der Waals surface area contributed by atoms with Crippen LogP contribution in [0.2, 0.25) is 0 Å². The number of nitrogens with one attached hydrogen (secondary N) is 2. The van der Waals surface area contributed by atoms with Crippen molar-refractivity contribution >= 4 is 28.9 Å². The van der Waals surface area contributed by atoms with E-state index in [1.54, 1.807) is 31.4 Å². The molecule has 3 heterocycles. The number of nitrogens with zero attached hydrogens (tertiary/aromatic N) is 2. The largest absolute Gasteiger partial charge is 0.384 e. The molecule has 1 aromatic heterocycles. The fourth-order valence-corrected chi connectivity index (χ4v) is 6.05. The number of ether oxygens (including phenoxy) is 1. The molecule has 2 aliphatic rings. The summed E-state index contributed by atoms with van der Waals surface area (Å²) in [7, 11) is 1.69. The number of fused-ring (bicyclic) bond motifs is 2. The molecule has 2 aliphatic heterocycles. The fourth-order valence-electron chi connectivity index (χ4n) is 6.05. The first-order valence-electron chi connectivity index (χ1n) is 13.9. The first-order valence-corrected chi connectivity index (χ1v) is 13.9. The number of hydrogen-bond donors (Lipinski definition) is 2. The van der Waals surface area contributed by atoms with E-state index in [4.69, 9.17) is 4.74 Å². The molecule has 0 aliphatic carbocycles. The van der Waals surface area contributed by atoms with Crippen LogP contribution in [0.1, 0.15) is 53.9 Å². The number of piperidine rings is 1. The Morgan fingerprint density at radius 1 is 1.15 bits per heavy atom. The maximum atomic E-state index is 14.0. The quantitative estimate of drug-likeness (QED) is 0.326. The van der Waals surface area contributed by atoms with Gasteiger partial charge in [-0.2, -0.15) is 0 Å². The summed E-state index contributed by atoms with van der Waals surface area (Å²) < 4.78 is 21.9. The zero-order valence-electron chi connectivity index (χ0n) is 23.5. The van der Waals surface area contributed by atoms with Crippen LogP contribution in [0.25, 0.3) is 27.7 Å². The topological polar surface area (TPSA) is 84.7 Å². The van der Waals surface area contributed by atoms with Gasteiger partial charge in [0.1, 0.15) is 11.9 Å². The fraction of sp³-hybridized carbons (Fsp3) is 0.303. The summed E-state index contributed by atoms with van der Waals surface area (Å²) in [5.41, 5.74) is 7.11. The third-order valence-corrected chi connectivity index (χ3v) is 7.98. The van der Waals surface area contributed by atoms with Gasteiger partial charge in [-0.1, -0.05) is 26.0 Å². The van der Waals surface area contributed by atoms with Gasteiger partial charge in [0.25, 0.3) is 5.91 Å². The SMILES string of the molecule is COCC(C)(C)c1c(-c2ccc(C(=O)NC3CCCNC3=O)cc2)c2cc3c(cc2n1-c1ccc(F)cc1)C=NC3. The van der Waals surface area contributed by atoms with Crippen LogP contribution in [0.3, 0.4) is 0 Å². The van der Waals surface area contributed by atoms with E-state index in [-0.39, 0.29) is 17.6 Å². The highest BCUT2D eigenvalue weighted by Crippen LogP contribution is 2.44. The molecule has 0 bridgehead atoms. The molecule has 1 atom stereocenters. The minimum Gasteiger partial charge on any atom is -0.384 e. The molecule has 1 saturated heterocycles. The van der Waals surface area contributed by atoms with E-state index < -0.39 is 11.5 Å². The summed E-state index contributed by atoms with van der Waals surface area (Å²) in [6.07, 6.45) is 3.36. The summed E-state index contributed by atoms with van der Waals surface area (Å²) >= 11 is 0. The number of halogens is 1. The van der Waals surface area contributed by atoms with E-state index in [1.165, 1.54) is 12.1 Å². The number of amides is 2. The van der Waals surface area contributed by atoms with Crippen molar-refractivity contribution < 1.29 is 18.7 Å². The first-order chi connectivity index (χ1) is 19.8. The van der Waals surface area contributed by atoms with E-state index in [9.17, 15) is 14.0 Å². The molecule has 1 unspecified atom stereocenters. The molecule has 0 spiro atoms. The summed E-state index contributed by atoms with van der Waals surface area (Å²) in [5.74, 6) is -0.714. The predicted molar refractivity (Wildman–Crippen MR) is 158 cm³/mol. The summed E-state index contributed by atoms with van der Waals surface area (Å²) in [4.78, 5) is 29.7. The van der Waals surface area contributed by atoms with Crippen LogP contribution < -0.4 is 10.6 Å². The van der Waals surface area contributed by atoms with Gasteiger partial charge < -0.3 is 19.9 Å². The second-order valence-electron chi connectivity index (χ2n) is 11.4. The van der Waals surface area contributed by atoms with E-state index in [1.807, 2.05) is 18.3 Å². The van der Waals surface area contributed by atoms with Crippen LogP contribution in [-0.2, 0) is 21.5 Å². The van der Waals surface area contributed by atoms with Gasteiger partial charge in [0.15, 0.2) is 0 Å². The van der Waals surface area contributed by atoms with Crippen LogP contribution >= 0.6 is 0 Å². The van der Waals surface area contributed by atoms with Crippen molar-refractivity contribution in [3.05, 3.63) is 88.9 Å². The molecule has 8 heteroatoms. The number of aromatic nitrogens is 1. The molecule has 0 radical (unpaired) electrons. The van der Waals surface area contributed by atoms with Crippen LogP contribution in [0.15, 0.2) is 65.7 Å². The molecular formula is C33H33FN4O3. The Morgan fingerprint density at radius 3 is 2.61 bits per heavy atom. The van der Waals surface area contributed by atoms with Crippen molar-refractivity contribution in [2.24, 2.45) is 4.99 Å². The van der Waals surface area contributed by atoms with Gasteiger partial charge in [0.2, 0.25) is 5.91 Å². The monoisotopic (exact) mass is 552 g/mol. The molecule has 3 aromatic carbocycles. The second-order valence-corrected chi connectivity index (χ2v) is 11.4. The van der Waals surface area contributed by atoms with Crippen molar-refractivity contribution in [2.45, 2.75) is 44.7 Å². The lowest BCUT2D eigenvalue weighted by atomic mass is 9.84. The maximum Gasteiger partial charge on any atom is 0.251 e. The number of methoxy groups -OCH3 is 1. The zero-order chi connectivity index (χ0) is 28.7. The minimum atomic E-state index is -0.518. The summed E-state index contributed by atoms with van der Waals surface area (Å²) in [6.45, 7) is 6.00. The number of hydrogen-bond acceptors (Lipinski definition) is 4. The van der Waals surface area contributed by atoms with E-state index in [0.29, 0.717) is 31.7 Å². The highest BCUT2D eigenvalue weighted by atomic mass is 19.1. The maximum absolute atomic E-state index is 14.0. The Labute approximate surface area is 238 Å². The molecule has 6 rings (SSSR count). The molecule has 41 heavy (non-hydrogen) atoms. The second kappa shape index (κ2) is 10.6. The third kappa shape index (κ3) is 4.93. The lowest BCUT2D eigenvalue weighted by molar-refractivity contribution is -0.124. The van der Waals surface area contributed by atoms with Gasteiger partial charge in [0, 0.05) is 53.2 Å². The van der Waals surface area contributed by atoms with Gasteiger partial charge in [0.05, 0.1) is 18.7 Å². The summed E-state index contributed by atoms with van der Waals surface area (Å²) in [5, 5.41) is 6.73. The average molecular weight is 553 g/mol. The number of carbonyl (C=O) groups is 2. The van der Waals surface area contributed by atoms with Gasteiger partial charge in [-0.25, -0.2) is 4.39 Å². The normalized spacial score (nSPS) is 16.6. The average Bonchev–Trinajstić information content (AvgIpc) is 3.56. The van der Waals surface area contributed by atoms with Crippen molar-refractivity contribution in [1.29, 1.82) is 0 Å². The molecule has 210 valence electrons. The lowest BCUT2D eigenvalue weighted by Gasteiger charge is -2.28. The summed E-state index contributed by atoms with van der Waals surface area (Å²) in [6, 6.07) is 17.9. The van der Waals surface area contributed by atoms with E-state index in [0.717, 1.165) is 51.0 Å². The van der Waals surface area contributed by atoms with E-state index in [2.05, 4.69) is 46.2 Å². The van der Waals surface area contributed by atoms with Gasteiger partial charge in [-0.05, 0) is 78.1 Å². The molecule has 1 fully saturated rings. The van der Waals surface area contributed by atoms with Gasteiger partial charge in [-0.3, -0.25) is 14.6 Å². The van der Waals surface area contributed by atoms with Crippen molar-refractivity contribution in [3.63, 3.8) is 0 Å². The molecule has 7 nitrogen and oxygen atoms in total. The van der Waals surface area contributed by atoms with Crippen LogP contribution in [0, 0.1) is 5.82 Å². The molecule has 4 aromatic rings. The number of carbonyl (C=O) groups excluding carboxylic acids is 2. The number of aliphatic imine (C=N–C) groups is 1. The molecular weight excluding hydrogens is 519 g/mol.